The first-order valence-corrected chi connectivity index (χ1v) is 10.4. The van der Waals surface area contributed by atoms with Crippen molar-refractivity contribution in [3.8, 4) is 0 Å². The Balaban J connectivity index is 0.00000338. The molecule has 0 bridgehead atoms. The summed E-state index contributed by atoms with van der Waals surface area (Å²) in [6.07, 6.45) is 3.64. The first-order chi connectivity index (χ1) is 11.9. The van der Waals surface area contributed by atoms with E-state index in [2.05, 4.69) is 55.6 Å². The van der Waals surface area contributed by atoms with Crippen molar-refractivity contribution in [1.29, 1.82) is 0 Å². The van der Waals surface area contributed by atoms with Gasteiger partial charge in [0.2, 0.25) is 0 Å². The van der Waals surface area contributed by atoms with Crippen LogP contribution in [-0.4, -0.2) is 36.7 Å². The van der Waals surface area contributed by atoms with Crippen LogP contribution >= 0.6 is 35.3 Å². The van der Waals surface area contributed by atoms with Gasteiger partial charge in [0.15, 0.2) is 5.96 Å². The number of hydrogen-bond donors (Lipinski definition) is 2. The third-order valence-electron chi connectivity index (χ3n) is 4.48. The summed E-state index contributed by atoms with van der Waals surface area (Å²) < 4.78 is 6.08. The van der Waals surface area contributed by atoms with Crippen LogP contribution in [-0.2, 0) is 17.7 Å². The Morgan fingerprint density at radius 3 is 2.73 bits per heavy atom. The number of thiazole rings is 1. The van der Waals surface area contributed by atoms with Crippen LogP contribution in [0.15, 0.2) is 10.4 Å². The lowest BCUT2D eigenvalue weighted by Gasteiger charge is -2.40. The zero-order valence-corrected chi connectivity index (χ0v) is 19.9. The summed E-state index contributed by atoms with van der Waals surface area (Å²) in [5, 5.41) is 10.1. The van der Waals surface area contributed by atoms with E-state index in [1.807, 2.05) is 0 Å². The molecule has 0 aromatic carbocycles. The van der Waals surface area contributed by atoms with Gasteiger partial charge in [-0.25, -0.2) is 9.98 Å². The molecule has 150 valence electrons. The molecule has 2 atom stereocenters. The number of guanidine groups is 1. The fourth-order valence-electron chi connectivity index (χ4n) is 3.32. The van der Waals surface area contributed by atoms with Gasteiger partial charge >= 0.3 is 0 Å². The summed E-state index contributed by atoms with van der Waals surface area (Å²) in [6, 6.07) is 0. The van der Waals surface area contributed by atoms with E-state index in [0.717, 1.165) is 44.2 Å². The highest BCUT2D eigenvalue weighted by molar-refractivity contribution is 14.0. The normalized spacial score (nSPS) is 21.2. The summed E-state index contributed by atoms with van der Waals surface area (Å²) in [6.45, 7) is 14.3. The van der Waals surface area contributed by atoms with Crippen molar-refractivity contribution >= 4 is 41.3 Å². The number of halogens is 1. The highest BCUT2D eigenvalue weighted by Crippen LogP contribution is 2.33. The predicted octanol–water partition coefficient (Wildman–Crippen LogP) is 4.22. The topological polar surface area (TPSA) is 58.5 Å². The number of aliphatic imine (C=N–C) groups is 1. The van der Waals surface area contributed by atoms with Crippen LogP contribution in [0.2, 0.25) is 0 Å². The molecule has 2 N–H and O–H groups in total. The fraction of sp³-hybridized carbons (Fsp3) is 0.789. The van der Waals surface area contributed by atoms with Crippen LogP contribution in [0.5, 0.6) is 0 Å². The Labute approximate surface area is 179 Å². The molecule has 1 aliphatic heterocycles. The second-order valence-electron chi connectivity index (χ2n) is 7.72. The molecule has 1 aromatic rings. The molecular formula is C19H35IN4OS. The van der Waals surface area contributed by atoms with Gasteiger partial charge in [-0.3, -0.25) is 0 Å². The van der Waals surface area contributed by atoms with Crippen molar-refractivity contribution in [2.45, 2.75) is 66.5 Å². The van der Waals surface area contributed by atoms with Crippen LogP contribution in [0, 0.1) is 11.3 Å². The molecule has 26 heavy (non-hydrogen) atoms. The van der Waals surface area contributed by atoms with E-state index >= 15 is 0 Å². The number of aryl methyl sites for hydroxylation is 1. The Morgan fingerprint density at radius 1 is 1.35 bits per heavy atom. The molecule has 2 heterocycles. The lowest BCUT2D eigenvalue weighted by atomic mass is 9.78. The molecule has 7 heteroatoms. The lowest BCUT2D eigenvalue weighted by Crippen LogP contribution is -2.47. The monoisotopic (exact) mass is 494 g/mol. The maximum atomic E-state index is 6.08. The van der Waals surface area contributed by atoms with Crippen molar-refractivity contribution in [3.05, 3.63) is 16.1 Å². The predicted molar refractivity (Wildman–Crippen MR) is 122 cm³/mol. The first kappa shape index (κ1) is 23.6. The van der Waals surface area contributed by atoms with Crippen molar-refractivity contribution in [2.24, 2.45) is 16.3 Å². The maximum Gasteiger partial charge on any atom is 0.191 e. The number of rotatable bonds is 6. The summed E-state index contributed by atoms with van der Waals surface area (Å²) in [5.41, 5.74) is 1.21. The lowest BCUT2D eigenvalue weighted by molar-refractivity contribution is -0.0835. The minimum atomic E-state index is 0. The average Bonchev–Trinajstić information content (AvgIpc) is 3.05. The van der Waals surface area contributed by atoms with Crippen molar-refractivity contribution in [3.63, 3.8) is 0 Å². The van der Waals surface area contributed by atoms with E-state index in [0.29, 0.717) is 18.6 Å². The Morgan fingerprint density at radius 2 is 2.12 bits per heavy atom. The number of ether oxygens (including phenoxy) is 1. The number of aromatic nitrogens is 1. The summed E-state index contributed by atoms with van der Waals surface area (Å²) in [5.74, 6) is 1.38. The molecule has 0 spiro atoms. The summed E-state index contributed by atoms with van der Waals surface area (Å²) in [7, 11) is 0. The molecule has 5 nitrogen and oxygen atoms in total. The largest absolute Gasteiger partial charge is 0.377 e. The van der Waals surface area contributed by atoms with Crippen molar-refractivity contribution < 1.29 is 4.74 Å². The standard InChI is InChI=1S/C19H34N4OS.HI/c1-6-16-23-15(13-25-16)12-22-18(20-7-2)21-11-14-9-8-10-24-17(14)19(3,4)5;/h13-14,17H,6-12H2,1-5H3,(H2,20,21,22);1H. The van der Waals surface area contributed by atoms with Crippen LogP contribution in [0.4, 0.5) is 0 Å². The van der Waals surface area contributed by atoms with Crippen LogP contribution in [0.25, 0.3) is 0 Å². The van der Waals surface area contributed by atoms with Gasteiger partial charge in [-0.2, -0.15) is 0 Å². The molecule has 2 rings (SSSR count). The number of nitrogens with one attached hydrogen (secondary N) is 2. The maximum absolute atomic E-state index is 6.08. The Hall–Kier alpha value is -0.410. The second-order valence-corrected chi connectivity index (χ2v) is 8.66. The molecule has 0 amide bonds. The zero-order chi connectivity index (χ0) is 18.3. The minimum absolute atomic E-state index is 0. The van der Waals surface area contributed by atoms with Crippen LogP contribution in [0.1, 0.15) is 58.2 Å². The van der Waals surface area contributed by atoms with Crippen LogP contribution in [0.3, 0.4) is 0 Å². The van der Waals surface area contributed by atoms with E-state index in [-0.39, 0.29) is 29.4 Å². The van der Waals surface area contributed by atoms with Gasteiger partial charge < -0.3 is 15.4 Å². The quantitative estimate of drug-likeness (QED) is 0.353. The SMILES string of the molecule is CCNC(=NCc1csc(CC)n1)NCC1CCCOC1C(C)(C)C.I. The molecule has 0 aliphatic carbocycles. The third-order valence-corrected chi connectivity index (χ3v) is 5.52. The summed E-state index contributed by atoms with van der Waals surface area (Å²) >= 11 is 1.72. The molecular weight excluding hydrogens is 459 g/mol. The van der Waals surface area contributed by atoms with E-state index in [1.165, 1.54) is 11.4 Å². The first-order valence-electron chi connectivity index (χ1n) is 9.51. The highest BCUT2D eigenvalue weighted by atomic mass is 127. The van der Waals surface area contributed by atoms with Gasteiger partial charge in [-0.1, -0.05) is 27.7 Å². The molecule has 1 fully saturated rings. The highest BCUT2D eigenvalue weighted by Gasteiger charge is 2.35. The zero-order valence-electron chi connectivity index (χ0n) is 16.8. The van der Waals surface area contributed by atoms with Crippen molar-refractivity contribution in [2.75, 3.05) is 19.7 Å². The molecule has 1 aliphatic rings. The molecule has 2 unspecified atom stereocenters. The summed E-state index contributed by atoms with van der Waals surface area (Å²) in [4.78, 5) is 9.29. The van der Waals surface area contributed by atoms with Crippen LogP contribution < -0.4 is 10.6 Å². The van der Waals surface area contributed by atoms with E-state index < -0.39 is 0 Å². The Kier molecular flexibility index (Phi) is 10.4. The number of hydrogen-bond acceptors (Lipinski definition) is 4. The Bertz CT molecular complexity index is 556. The molecule has 0 saturated carbocycles. The van der Waals surface area contributed by atoms with Crippen molar-refractivity contribution in [1.82, 2.24) is 15.6 Å². The molecule has 1 aromatic heterocycles. The van der Waals surface area contributed by atoms with Gasteiger partial charge in [0.25, 0.3) is 0 Å². The van der Waals surface area contributed by atoms with Gasteiger partial charge in [0.05, 0.1) is 23.4 Å². The fourth-order valence-corrected chi connectivity index (χ4v) is 4.06. The van der Waals surface area contributed by atoms with Gasteiger partial charge in [-0.15, -0.1) is 35.3 Å². The minimum Gasteiger partial charge on any atom is -0.377 e. The van der Waals surface area contributed by atoms with Gasteiger partial charge in [-0.05, 0) is 31.6 Å². The average molecular weight is 494 g/mol. The third kappa shape index (κ3) is 7.31. The van der Waals surface area contributed by atoms with E-state index in [4.69, 9.17) is 9.73 Å². The molecule has 1 saturated heterocycles. The van der Waals surface area contributed by atoms with E-state index in [1.54, 1.807) is 11.3 Å². The number of nitrogens with zero attached hydrogens (tertiary/aromatic N) is 2. The van der Waals surface area contributed by atoms with Gasteiger partial charge in [0, 0.05) is 31.0 Å². The second kappa shape index (κ2) is 11.4. The van der Waals surface area contributed by atoms with E-state index in [9.17, 15) is 0 Å². The van der Waals surface area contributed by atoms with Gasteiger partial charge in [0.1, 0.15) is 0 Å². The molecule has 0 radical (unpaired) electrons. The smallest absolute Gasteiger partial charge is 0.191 e.